The standard InChI is InChI=1S/C17H30N6O5S.HI/c1-17(2,3)28-16(24)20-7-6-19-15(18-4)22-8-10-23(11-9-22)29(25,26)13-14-5-12-27-21-14;/h5,12H,6-11,13H2,1-4H3,(H,18,19)(H,20,24);1H. The molecule has 0 atom stereocenters. The molecule has 0 aliphatic carbocycles. The fourth-order valence-corrected chi connectivity index (χ4v) is 4.18. The lowest BCUT2D eigenvalue weighted by atomic mass is 10.2. The molecule has 0 spiro atoms. The van der Waals surface area contributed by atoms with E-state index < -0.39 is 21.7 Å². The Balaban J connectivity index is 0.00000450. The fourth-order valence-electron chi connectivity index (χ4n) is 2.75. The van der Waals surface area contributed by atoms with Crippen LogP contribution >= 0.6 is 24.0 Å². The van der Waals surface area contributed by atoms with Gasteiger partial charge in [0.05, 0.1) is 5.69 Å². The van der Waals surface area contributed by atoms with Crippen LogP contribution in [-0.4, -0.2) is 86.7 Å². The second-order valence-corrected chi connectivity index (χ2v) is 9.50. The number of carbonyl (C=O) groups is 1. The maximum atomic E-state index is 12.5. The molecule has 13 heteroatoms. The summed E-state index contributed by atoms with van der Waals surface area (Å²) in [6, 6.07) is 1.55. The van der Waals surface area contributed by atoms with Crippen LogP contribution in [-0.2, 0) is 20.5 Å². The first kappa shape index (κ1) is 26.4. The highest BCUT2D eigenvalue weighted by atomic mass is 127. The van der Waals surface area contributed by atoms with Crippen LogP contribution < -0.4 is 10.6 Å². The monoisotopic (exact) mass is 558 g/mol. The Kier molecular flexibility index (Phi) is 10.3. The maximum Gasteiger partial charge on any atom is 0.407 e. The lowest BCUT2D eigenvalue weighted by Gasteiger charge is -2.35. The zero-order chi connectivity index (χ0) is 21.5. The van der Waals surface area contributed by atoms with Crippen molar-refractivity contribution >= 4 is 46.1 Å². The smallest absolute Gasteiger partial charge is 0.407 e. The van der Waals surface area contributed by atoms with Gasteiger partial charge in [-0.25, -0.2) is 13.2 Å². The van der Waals surface area contributed by atoms with Crippen LogP contribution in [0.1, 0.15) is 26.5 Å². The van der Waals surface area contributed by atoms with E-state index in [9.17, 15) is 13.2 Å². The number of nitrogens with zero attached hydrogens (tertiary/aromatic N) is 4. The molecule has 1 amide bonds. The summed E-state index contributed by atoms with van der Waals surface area (Å²) < 4.78 is 36.3. The van der Waals surface area contributed by atoms with E-state index in [1.807, 2.05) is 4.90 Å². The van der Waals surface area contributed by atoms with Crippen molar-refractivity contribution in [1.29, 1.82) is 0 Å². The molecular formula is C17H31IN6O5S. The van der Waals surface area contributed by atoms with Gasteiger partial charge in [0, 0.05) is 52.4 Å². The van der Waals surface area contributed by atoms with E-state index in [0.29, 0.717) is 50.9 Å². The molecule has 1 aliphatic rings. The number of sulfonamides is 1. The molecule has 11 nitrogen and oxygen atoms in total. The second kappa shape index (κ2) is 11.7. The summed E-state index contributed by atoms with van der Waals surface area (Å²) in [6.07, 6.45) is 0.885. The van der Waals surface area contributed by atoms with Gasteiger partial charge in [0.2, 0.25) is 10.0 Å². The number of carbonyl (C=O) groups excluding carboxylic acids is 1. The Morgan fingerprint density at radius 1 is 1.23 bits per heavy atom. The minimum Gasteiger partial charge on any atom is -0.444 e. The molecule has 2 N–H and O–H groups in total. The van der Waals surface area contributed by atoms with Crippen molar-refractivity contribution in [1.82, 2.24) is 25.0 Å². The van der Waals surface area contributed by atoms with Crippen molar-refractivity contribution in [2.24, 2.45) is 4.99 Å². The van der Waals surface area contributed by atoms with Crippen LogP contribution in [0.15, 0.2) is 21.8 Å². The predicted molar refractivity (Wildman–Crippen MR) is 123 cm³/mol. The van der Waals surface area contributed by atoms with E-state index in [2.05, 4.69) is 20.8 Å². The second-order valence-electron chi connectivity index (χ2n) is 7.54. The van der Waals surface area contributed by atoms with Gasteiger partial charge in [-0.15, -0.1) is 24.0 Å². The van der Waals surface area contributed by atoms with Gasteiger partial charge < -0.3 is 24.8 Å². The van der Waals surface area contributed by atoms with Gasteiger partial charge in [-0.3, -0.25) is 4.99 Å². The number of rotatable bonds is 6. The molecule has 2 heterocycles. The molecule has 2 rings (SSSR count). The van der Waals surface area contributed by atoms with Crippen LogP contribution in [0.25, 0.3) is 0 Å². The van der Waals surface area contributed by atoms with E-state index in [1.54, 1.807) is 33.9 Å². The fraction of sp³-hybridized carbons (Fsp3) is 0.706. The minimum absolute atomic E-state index is 0. The zero-order valence-corrected chi connectivity index (χ0v) is 20.9. The Morgan fingerprint density at radius 3 is 2.40 bits per heavy atom. The highest BCUT2D eigenvalue weighted by Gasteiger charge is 2.29. The van der Waals surface area contributed by atoms with Crippen molar-refractivity contribution < 1.29 is 22.5 Å². The molecule has 172 valence electrons. The minimum atomic E-state index is -3.45. The molecule has 0 unspecified atom stereocenters. The predicted octanol–water partition coefficient (Wildman–Crippen LogP) is 0.840. The summed E-state index contributed by atoms with van der Waals surface area (Å²) in [5.74, 6) is 0.483. The van der Waals surface area contributed by atoms with Crippen LogP contribution in [0.5, 0.6) is 0 Å². The van der Waals surface area contributed by atoms with Crippen LogP contribution in [0.3, 0.4) is 0 Å². The number of aromatic nitrogens is 1. The number of hydrogen-bond donors (Lipinski definition) is 2. The van der Waals surface area contributed by atoms with E-state index in [1.165, 1.54) is 10.6 Å². The van der Waals surface area contributed by atoms with Crippen LogP contribution in [0.4, 0.5) is 4.79 Å². The number of ether oxygens (including phenoxy) is 1. The number of piperazine rings is 1. The molecule has 0 saturated carbocycles. The Labute approximate surface area is 194 Å². The van der Waals surface area contributed by atoms with E-state index in [-0.39, 0.29) is 29.7 Å². The molecule has 0 aromatic carbocycles. The quantitative estimate of drug-likeness (QED) is 0.228. The Morgan fingerprint density at radius 2 is 1.87 bits per heavy atom. The van der Waals surface area contributed by atoms with Crippen molar-refractivity contribution in [3.05, 3.63) is 18.0 Å². The van der Waals surface area contributed by atoms with Gasteiger partial charge in [0.1, 0.15) is 17.6 Å². The SMILES string of the molecule is CN=C(NCCNC(=O)OC(C)(C)C)N1CCN(S(=O)(=O)Cc2ccon2)CC1.I. The number of halogens is 1. The number of hydrogen-bond acceptors (Lipinski definition) is 7. The summed E-state index contributed by atoms with van der Waals surface area (Å²) in [5, 5.41) is 9.50. The van der Waals surface area contributed by atoms with E-state index in [0.717, 1.165) is 0 Å². The molecule has 1 aromatic rings. The third-order valence-electron chi connectivity index (χ3n) is 4.04. The summed E-state index contributed by atoms with van der Waals surface area (Å²) in [7, 11) is -1.78. The van der Waals surface area contributed by atoms with Crippen LogP contribution in [0, 0.1) is 0 Å². The van der Waals surface area contributed by atoms with Gasteiger partial charge in [0.25, 0.3) is 0 Å². The molecule has 1 fully saturated rings. The first-order valence-corrected chi connectivity index (χ1v) is 11.0. The molecule has 1 aromatic heterocycles. The average Bonchev–Trinajstić information content (AvgIpc) is 3.13. The van der Waals surface area contributed by atoms with Crippen molar-refractivity contribution in [2.75, 3.05) is 46.3 Å². The van der Waals surface area contributed by atoms with Gasteiger partial charge in [-0.05, 0) is 20.8 Å². The van der Waals surface area contributed by atoms with Gasteiger partial charge in [0.15, 0.2) is 5.96 Å². The summed E-state index contributed by atoms with van der Waals surface area (Å²) >= 11 is 0. The summed E-state index contributed by atoms with van der Waals surface area (Å²) in [6.45, 7) is 7.99. The molecule has 1 saturated heterocycles. The molecule has 1 aliphatic heterocycles. The summed E-state index contributed by atoms with van der Waals surface area (Å²) in [5.41, 5.74) is -0.149. The first-order valence-electron chi connectivity index (χ1n) is 9.40. The number of amides is 1. The Bertz CT molecular complexity index is 786. The van der Waals surface area contributed by atoms with Crippen molar-refractivity contribution in [2.45, 2.75) is 32.1 Å². The van der Waals surface area contributed by atoms with Crippen molar-refractivity contribution in [3.8, 4) is 0 Å². The molecule has 30 heavy (non-hydrogen) atoms. The number of nitrogens with one attached hydrogen (secondary N) is 2. The lowest BCUT2D eigenvalue weighted by molar-refractivity contribution is 0.0528. The third-order valence-corrected chi connectivity index (χ3v) is 5.85. The number of alkyl carbamates (subject to hydrolysis) is 1. The van der Waals surface area contributed by atoms with E-state index >= 15 is 0 Å². The lowest BCUT2D eigenvalue weighted by Crippen LogP contribution is -2.54. The Hall–Kier alpha value is -1.61. The van der Waals surface area contributed by atoms with Crippen LogP contribution in [0.2, 0.25) is 0 Å². The zero-order valence-electron chi connectivity index (χ0n) is 17.8. The van der Waals surface area contributed by atoms with Gasteiger partial charge in [-0.2, -0.15) is 4.31 Å². The maximum absolute atomic E-state index is 12.5. The first-order chi connectivity index (χ1) is 13.6. The van der Waals surface area contributed by atoms with Gasteiger partial charge >= 0.3 is 6.09 Å². The molecule has 0 bridgehead atoms. The molecular weight excluding hydrogens is 527 g/mol. The third kappa shape index (κ3) is 8.63. The molecule has 0 radical (unpaired) electrons. The van der Waals surface area contributed by atoms with Gasteiger partial charge in [-0.1, -0.05) is 5.16 Å². The van der Waals surface area contributed by atoms with E-state index in [4.69, 9.17) is 9.26 Å². The average molecular weight is 558 g/mol. The highest BCUT2D eigenvalue weighted by molar-refractivity contribution is 14.0. The number of aliphatic imine (C=N–C) groups is 1. The largest absolute Gasteiger partial charge is 0.444 e. The van der Waals surface area contributed by atoms with Crippen molar-refractivity contribution in [3.63, 3.8) is 0 Å². The summed E-state index contributed by atoms with van der Waals surface area (Å²) in [4.78, 5) is 17.9. The number of guanidine groups is 1. The topological polar surface area (TPSA) is 129 Å². The highest BCUT2D eigenvalue weighted by Crippen LogP contribution is 2.12. The normalized spacial score (nSPS) is 16.0.